The Kier molecular flexibility index (Phi) is 4.68. The first-order valence-electron chi connectivity index (χ1n) is 8.03. The number of nitriles is 1. The Balaban J connectivity index is 2.36. The number of imide groups is 1. The van der Waals surface area contributed by atoms with E-state index in [1.165, 1.54) is 13.8 Å². The molecule has 3 aromatic rings. The van der Waals surface area contributed by atoms with E-state index in [-0.39, 0.29) is 11.4 Å². The number of hydrogen-bond donors (Lipinski definition) is 0. The number of anilines is 1. The third kappa shape index (κ3) is 3.01. The van der Waals surface area contributed by atoms with Crippen molar-refractivity contribution in [3.8, 4) is 28.5 Å². The third-order valence-corrected chi connectivity index (χ3v) is 3.93. The maximum absolute atomic E-state index is 12.0. The van der Waals surface area contributed by atoms with Crippen molar-refractivity contribution in [3.63, 3.8) is 0 Å². The van der Waals surface area contributed by atoms with Gasteiger partial charge in [0.05, 0.1) is 0 Å². The van der Waals surface area contributed by atoms with Crippen molar-refractivity contribution in [1.82, 2.24) is 0 Å². The highest BCUT2D eigenvalue weighted by Crippen LogP contribution is 2.42. The van der Waals surface area contributed by atoms with Crippen LogP contribution >= 0.6 is 0 Å². The molecule has 0 bridgehead atoms. The molecule has 1 heterocycles. The predicted octanol–water partition coefficient (Wildman–Crippen LogP) is 4.38. The zero-order chi connectivity index (χ0) is 18.7. The molecule has 0 aliphatic rings. The summed E-state index contributed by atoms with van der Waals surface area (Å²) >= 11 is 0. The predicted molar refractivity (Wildman–Crippen MR) is 98.1 cm³/mol. The monoisotopic (exact) mass is 344 g/mol. The standard InChI is InChI=1S/C21H16N2O3/c1-14(24)23(15(2)25)21-18(13-22)19(16-9-5-3-6-10-16)20(26-21)17-11-7-4-8-12-17/h3-12H,1-2H3. The zero-order valence-electron chi connectivity index (χ0n) is 14.4. The van der Waals surface area contributed by atoms with Crippen LogP contribution in [0.4, 0.5) is 5.88 Å². The van der Waals surface area contributed by atoms with E-state index in [2.05, 4.69) is 6.07 Å². The molecule has 1 aromatic heterocycles. The van der Waals surface area contributed by atoms with Gasteiger partial charge in [-0.15, -0.1) is 0 Å². The average molecular weight is 344 g/mol. The second-order valence-electron chi connectivity index (χ2n) is 5.70. The number of rotatable bonds is 3. The Morgan fingerprint density at radius 1 is 0.885 bits per heavy atom. The minimum atomic E-state index is -0.512. The topological polar surface area (TPSA) is 74.3 Å². The van der Waals surface area contributed by atoms with Crippen LogP contribution in [0.1, 0.15) is 19.4 Å². The first-order valence-corrected chi connectivity index (χ1v) is 8.03. The molecule has 0 unspecified atom stereocenters. The summed E-state index contributed by atoms with van der Waals surface area (Å²) in [5.74, 6) is -0.634. The van der Waals surface area contributed by atoms with Crippen LogP contribution in [0.3, 0.4) is 0 Å². The Bertz CT molecular complexity index is 985. The molecular weight excluding hydrogens is 328 g/mol. The van der Waals surface area contributed by atoms with Gasteiger partial charge < -0.3 is 4.42 Å². The van der Waals surface area contributed by atoms with E-state index in [0.29, 0.717) is 11.3 Å². The molecule has 0 atom stereocenters. The molecule has 0 aliphatic carbocycles. The molecule has 0 saturated heterocycles. The van der Waals surface area contributed by atoms with Crippen molar-refractivity contribution in [2.24, 2.45) is 0 Å². The number of benzene rings is 2. The SMILES string of the molecule is CC(=O)N(C(C)=O)c1oc(-c2ccccc2)c(-c2ccccc2)c1C#N. The molecule has 3 rings (SSSR count). The van der Waals surface area contributed by atoms with Crippen LogP contribution in [0.2, 0.25) is 0 Å². The zero-order valence-corrected chi connectivity index (χ0v) is 14.4. The molecule has 5 nitrogen and oxygen atoms in total. The van der Waals surface area contributed by atoms with Gasteiger partial charge in [0.1, 0.15) is 17.4 Å². The molecular formula is C21H16N2O3. The van der Waals surface area contributed by atoms with Crippen molar-refractivity contribution < 1.29 is 14.0 Å². The normalized spacial score (nSPS) is 10.2. The lowest BCUT2D eigenvalue weighted by molar-refractivity contribution is -0.124. The molecule has 2 aromatic carbocycles. The van der Waals surface area contributed by atoms with Gasteiger partial charge in [0.2, 0.25) is 17.7 Å². The van der Waals surface area contributed by atoms with Gasteiger partial charge in [-0.05, 0) is 5.56 Å². The molecule has 0 aliphatic heterocycles. The van der Waals surface area contributed by atoms with Gasteiger partial charge in [-0.3, -0.25) is 9.59 Å². The van der Waals surface area contributed by atoms with Crippen LogP contribution < -0.4 is 4.90 Å². The van der Waals surface area contributed by atoms with E-state index < -0.39 is 11.8 Å². The summed E-state index contributed by atoms with van der Waals surface area (Å²) in [6.45, 7) is 2.52. The summed E-state index contributed by atoms with van der Waals surface area (Å²) in [4.78, 5) is 24.9. The molecule has 0 radical (unpaired) electrons. The van der Waals surface area contributed by atoms with Crippen LogP contribution in [-0.4, -0.2) is 11.8 Å². The number of amides is 2. The summed E-state index contributed by atoms with van der Waals surface area (Å²) < 4.78 is 5.92. The van der Waals surface area contributed by atoms with Gasteiger partial charge in [0.15, 0.2) is 0 Å². The van der Waals surface area contributed by atoms with Crippen molar-refractivity contribution >= 4 is 17.7 Å². The van der Waals surface area contributed by atoms with Gasteiger partial charge in [-0.25, -0.2) is 4.90 Å². The molecule has 0 saturated carbocycles. The Hall–Kier alpha value is -3.65. The van der Waals surface area contributed by atoms with E-state index in [1.807, 2.05) is 60.7 Å². The second-order valence-corrected chi connectivity index (χ2v) is 5.70. The van der Waals surface area contributed by atoms with E-state index in [4.69, 9.17) is 4.42 Å². The Labute approximate surface area is 151 Å². The highest BCUT2D eigenvalue weighted by atomic mass is 16.4. The number of hydrogen-bond acceptors (Lipinski definition) is 4. The minimum absolute atomic E-state index is 0.0507. The summed E-state index contributed by atoms with van der Waals surface area (Å²) in [5, 5.41) is 9.77. The maximum atomic E-state index is 12.0. The fourth-order valence-electron chi connectivity index (χ4n) is 2.86. The number of nitrogens with zero attached hydrogens (tertiary/aromatic N) is 2. The number of furan rings is 1. The molecule has 5 heteroatoms. The molecule has 128 valence electrons. The lowest BCUT2D eigenvalue weighted by atomic mass is 9.98. The largest absolute Gasteiger partial charge is 0.437 e. The van der Waals surface area contributed by atoms with Crippen LogP contribution in [0.25, 0.3) is 22.5 Å². The summed E-state index contributed by atoms with van der Waals surface area (Å²) in [7, 11) is 0. The third-order valence-electron chi connectivity index (χ3n) is 3.93. The first kappa shape index (κ1) is 17.2. The highest BCUT2D eigenvalue weighted by Gasteiger charge is 2.30. The van der Waals surface area contributed by atoms with Gasteiger partial charge in [-0.1, -0.05) is 60.7 Å². The Morgan fingerprint density at radius 2 is 1.38 bits per heavy atom. The number of carbonyl (C=O) groups excluding carboxylic acids is 2. The van der Waals surface area contributed by atoms with Crippen molar-refractivity contribution in [3.05, 3.63) is 66.2 Å². The van der Waals surface area contributed by atoms with E-state index >= 15 is 0 Å². The van der Waals surface area contributed by atoms with E-state index in [9.17, 15) is 14.9 Å². The van der Waals surface area contributed by atoms with Gasteiger partial charge in [-0.2, -0.15) is 5.26 Å². The summed E-state index contributed by atoms with van der Waals surface area (Å²) in [6, 6.07) is 20.7. The van der Waals surface area contributed by atoms with E-state index in [0.717, 1.165) is 16.0 Å². The van der Waals surface area contributed by atoms with Gasteiger partial charge >= 0.3 is 0 Å². The highest BCUT2D eigenvalue weighted by molar-refractivity contribution is 6.14. The smallest absolute Gasteiger partial charge is 0.233 e. The van der Waals surface area contributed by atoms with Crippen molar-refractivity contribution in [1.29, 1.82) is 5.26 Å². The summed E-state index contributed by atoms with van der Waals surface area (Å²) in [5.41, 5.74) is 2.23. The van der Waals surface area contributed by atoms with Crippen molar-refractivity contribution in [2.45, 2.75) is 13.8 Å². The number of carbonyl (C=O) groups is 2. The van der Waals surface area contributed by atoms with Gasteiger partial charge in [0.25, 0.3) is 0 Å². The summed E-state index contributed by atoms with van der Waals surface area (Å²) in [6.07, 6.45) is 0. The minimum Gasteiger partial charge on any atom is -0.437 e. The lowest BCUT2D eigenvalue weighted by Gasteiger charge is -2.13. The second kappa shape index (κ2) is 7.08. The lowest BCUT2D eigenvalue weighted by Crippen LogP contribution is -2.33. The quantitative estimate of drug-likeness (QED) is 0.706. The molecule has 0 N–H and O–H groups in total. The molecule has 26 heavy (non-hydrogen) atoms. The Morgan fingerprint density at radius 3 is 1.85 bits per heavy atom. The van der Waals surface area contributed by atoms with Crippen LogP contribution in [-0.2, 0) is 9.59 Å². The van der Waals surface area contributed by atoms with Crippen LogP contribution in [0, 0.1) is 11.3 Å². The first-order chi connectivity index (χ1) is 12.5. The van der Waals surface area contributed by atoms with Crippen LogP contribution in [0.5, 0.6) is 0 Å². The molecule has 0 fully saturated rings. The average Bonchev–Trinajstić information content (AvgIpc) is 3.01. The molecule has 2 amide bonds. The maximum Gasteiger partial charge on any atom is 0.233 e. The van der Waals surface area contributed by atoms with E-state index in [1.54, 1.807) is 0 Å². The van der Waals surface area contributed by atoms with Crippen LogP contribution in [0.15, 0.2) is 65.1 Å². The fourth-order valence-corrected chi connectivity index (χ4v) is 2.86. The van der Waals surface area contributed by atoms with Crippen molar-refractivity contribution in [2.75, 3.05) is 4.90 Å². The van der Waals surface area contributed by atoms with Gasteiger partial charge in [0, 0.05) is 25.0 Å². The fraction of sp³-hybridized carbons (Fsp3) is 0.0952. The molecule has 0 spiro atoms.